The van der Waals surface area contributed by atoms with Crippen molar-refractivity contribution in [3.8, 4) is 11.5 Å². The van der Waals surface area contributed by atoms with Gasteiger partial charge in [-0.15, -0.1) is 0 Å². The Balaban J connectivity index is 2.06. The number of nitrogen functional groups attached to an aromatic ring is 1. The number of carbonyl (C=O) groups is 1. The Kier molecular flexibility index (Phi) is 6.50. The number of hydrogen-bond donors (Lipinski definition) is 2. The summed E-state index contributed by atoms with van der Waals surface area (Å²) in [5.41, 5.74) is 5.63. The van der Waals surface area contributed by atoms with E-state index in [4.69, 9.17) is 15.2 Å². The molecule has 3 rings (SSSR count). The van der Waals surface area contributed by atoms with Gasteiger partial charge in [-0.1, -0.05) is 30.3 Å². The highest BCUT2D eigenvalue weighted by molar-refractivity contribution is 9.10. The highest BCUT2D eigenvalue weighted by Crippen LogP contribution is 2.36. The van der Waals surface area contributed by atoms with Gasteiger partial charge in [0.05, 0.1) is 20.8 Å². The second-order valence-electron chi connectivity index (χ2n) is 6.62. The molecule has 0 spiro atoms. The highest BCUT2D eigenvalue weighted by Gasteiger charge is 2.24. The Morgan fingerprint density at radius 2 is 1.71 bits per heavy atom. The first-order valence-electron chi connectivity index (χ1n) is 9.14. The second kappa shape index (κ2) is 9.09. The smallest absolute Gasteiger partial charge is 0.330 e. The molecule has 0 saturated carbocycles. The topological polar surface area (TPSA) is 120 Å². The molecule has 1 heterocycles. The predicted octanol–water partition coefficient (Wildman–Crippen LogP) is 2.22. The number of nitrogens with zero attached hydrogens (tertiary/aromatic N) is 2. The molecule has 0 unspecified atom stereocenters. The minimum absolute atomic E-state index is 0.121. The summed E-state index contributed by atoms with van der Waals surface area (Å²) in [6.07, 6.45) is 0. The van der Waals surface area contributed by atoms with Crippen molar-refractivity contribution >= 4 is 33.3 Å². The molecule has 1 aromatic heterocycles. The van der Waals surface area contributed by atoms with Gasteiger partial charge >= 0.3 is 5.69 Å². The van der Waals surface area contributed by atoms with Crippen molar-refractivity contribution < 1.29 is 14.3 Å². The summed E-state index contributed by atoms with van der Waals surface area (Å²) < 4.78 is 12.3. The van der Waals surface area contributed by atoms with E-state index in [1.165, 1.54) is 38.0 Å². The van der Waals surface area contributed by atoms with Gasteiger partial charge in [-0.2, -0.15) is 0 Å². The molecule has 0 aliphatic carbocycles. The van der Waals surface area contributed by atoms with Crippen molar-refractivity contribution in [1.29, 1.82) is 0 Å². The number of aromatic amines is 1. The molecule has 10 heteroatoms. The summed E-state index contributed by atoms with van der Waals surface area (Å²) in [4.78, 5) is 41.4. The Labute approximate surface area is 186 Å². The van der Waals surface area contributed by atoms with Crippen LogP contribution in [-0.2, 0) is 6.54 Å². The van der Waals surface area contributed by atoms with Crippen LogP contribution in [0.25, 0.3) is 0 Å². The lowest BCUT2D eigenvalue weighted by atomic mass is 10.1. The zero-order valence-electron chi connectivity index (χ0n) is 17.1. The lowest BCUT2D eigenvalue weighted by molar-refractivity contribution is 0.0992. The summed E-state index contributed by atoms with van der Waals surface area (Å²) in [7, 11) is 4.32. The number of nitrogens with one attached hydrogen (secondary N) is 1. The molecule has 0 bridgehead atoms. The van der Waals surface area contributed by atoms with Crippen molar-refractivity contribution in [1.82, 2.24) is 9.55 Å². The van der Waals surface area contributed by atoms with Crippen LogP contribution in [0.3, 0.4) is 0 Å². The quantitative estimate of drug-likeness (QED) is 0.548. The third-order valence-electron chi connectivity index (χ3n) is 4.73. The van der Waals surface area contributed by atoms with Gasteiger partial charge in [-0.3, -0.25) is 19.1 Å². The summed E-state index contributed by atoms with van der Waals surface area (Å²) in [6, 6.07) is 12.2. The van der Waals surface area contributed by atoms with Crippen molar-refractivity contribution in [2.75, 3.05) is 31.9 Å². The van der Waals surface area contributed by atoms with Crippen molar-refractivity contribution in [2.24, 2.45) is 0 Å². The molecule has 0 atom stereocenters. The zero-order chi connectivity index (χ0) is 22.7. The van der Waals surface area contributed by atoms with Crippen LogP contribution >= 0.6 is 15.9 Å². The minimum Gasteiger partial charge on any atom is -0.495 e. The fourth-order valence-corrected chi connectivity index (χ4v) is 3.67. The van der Waals surface area contributed by atoms with E-state index >= 15 is 0 Å². The molecule has 0 radical (unpaired) electrons. The number of carbonyl (C=O) groups excluding carboxylic acids is 1. The first kappa shape index (κ1) is 22.2. The highest BCUT2D eigenvalue weighted by atomic mass is 79.9. The SMILES string of the molecule is COc1cc(C(=O)N(C)c2c(N)n(Cc3ccccc3)c(=O)[nH]c2=O)cc(OC)c1Br. The molecule has 0 aliphatic rings. The van der Waals surface area contributed by atoms with Gasteiger partial charge in [0.1, 0.15) is 21.8 Å². The molecule has 162 valence electrons. The maximum Gasteiger partial charge on any atom is 0.330 e. The zero-order valence-corrected chi connectivity index (χ0v) is 18.7. The number of H-pyrrole nitrogens is 1. The van der Waals surface area contributed by atoms with Gasteiger partial charge < -0.3 is 20.1 Å². The molecule has 3 aromatic rings. The van der Waals surface area contributed by atoms with Crippen molar-refractivity contribution in [2.45, 2.75) is 6.54 Å². The lowest BCUT2D eigenvalue weighted by Gasteiger charge is -2.21. The lowest BCUT2D eigenvalue weighted by Crippen LogP contribution is -2.39. The van der Waals surface area contributed by atoms with Crippen LogP contribution in [-0.4, -0.2) is 36.7 Å². The van der Waals surface area contributed by atoms with E-state index in [1.54, 1.807) is 0 Å². The molecule has 31 heavy (non-hydrogen) atoms. The molecule has 2 aromatic carbocycles. The normalized spacial score (nSPS) is 10.6. The number of aromatic nitrogens is 2. The van der Waals surface area contributed by atoms with Crippen LogP contribution in [0.15, 0.2) is 56.5 Å². The molecule has 1 amide bonds. The number of rotatable bonds is 6. The second-order valence-corrected chi connectivity index (χ2v) is 7.42. The first-order chi connectivity index (χ1) is 14.8. The van der Waals surface area contributed by atoms with Gasteiger partial charge in [-0.25, -0.2) is 4.79 Å². The number of methoxy groups -OCH3 is 2. The number of halogens is 1. The Morgan fingerprint density at radius 3 is 2.26 bits per heavy atom. The molecular formula is C21H21BrN4O5. The van der Waals surface area contributed by atoms with Gasteiger partial charge in [-0.05, 0) is 33.6 Å². The average Bonchev–Trinajstić information content (AvgIpc) is 2.76. The minimum atomic E-state index is -0.765. The summed E-state index contributed by atoms with van der Waals surface area (Å²) >= 11 is 3.35. The van der Waals surface area contributed by atoms with Crippen LogP contribution < -0.4 is 31.4 Å². The number of amides is 1. The van der Waals surface area contributed by atoms with E-state index in [-0.39, 0.29) is 23.6 Å². The summed E-state index contributed by atoms with van der Waals surface area (Å²) in [5.74, 6) is 0.106. The van der Waals surface area contributed by atoms with E-state index in [2.05, 4.69) is 20.9 Å². The van der Waals surface area contributed by atoms with Crippen LogP contribution in [0.5, 0.6) is 11.5 Å². The monoisotopic (exact) mass is 488 g/mol. The van der Waals surface area contributed by atoms with Crippen LogP contribution in [0, 0.1) is 0 Å². The standard InChI is InChI=1S/C21H21BrN4O5/c1-25(20(28)13-9-14(30-2)16(22)15(10-13)31-3)17-18(23)26(21(29)24-19(17)27)11-12-7-5-4-6-8-12/h4-10H,11,23H2,1-3H3,(H,24,27,29). The van der Waals surface area contributed by atoms with Crippen LogP contribution in [0.2, 0.25) is 0 Å². The first-order valence-corrected chi connectivity index (χ1v) is 9.93. The molecule has 0 fully saturated rings. The van der Waals surface area contributed by atoms with Crippen molar-refractivity contribution in [3.63, 3.8) is 0 Å². The van der Waals surface area contributed by atoms with Gasteiger partial charge in [0.25, 0.3) is 11.5 Å². The number of anilines is 2. The summed E-state index contributed by atoms with van der Waals surface area (Å²) in [5, 5.41) is 0. The number of ether oxygens (including phenoxy) is 2. The van der Waals surface area contributed by atoms with Crippen molar-refractivity contribution in [3.05, 3.63) is 78.9 Å². The number of hydrogen-bond acceptors (Lipinski definition) is 6. The molecular weight excluding hydrogens is 468 g/mol. The molecule has 9 nitrogen and oxygen atoms in total. The fourth-order valence-electron chi connectivity index (χ4n) is 3.11. The average molecular weight is 489 g/mol. The molecule has 0 aliphatic heterocycles. The van der Waals surface area contributed by atoms with E-state index in [0.29, 0.717) is 16.0 Å². The van der Waals surface area contributed by atoms with E-state index < -0.39 is 17.2 Å². The Hall–Kier alpha value is -3.53. The number of benzene rings is 2. The largest absolute Gasteiger partial charge is 0.495 e. The van der Waals surface area contributed by atoms with E-state index in [0.717, 1.165) is 10.5 Å². The summed E-state index contributed by atoms with van der Waals surface area (Å²) in [6.45, 7) is 0.136. The van der Waals surface area contributed by atoms with E-state index in [1.807, 2.05) is 30.3 Å². The fraction of sp³-hybridized carbons (Fsp3) is 0.190. The third-order valence-corrected chi connectivity index (χ3v) is 5.51. The van der Waals surface area contributed by atoms with Gasteiger partial charge in [0.15, 0.2) is 5.69 Å². The maximum absolute atomic E-state index is 13.2. The Morgan fingerprint density at radius 1 is 1.13 bits per heavy atom. The third kappa shape index (κ3) is 4.33. The molecule has 0 saturated heterocycles. The van der Waals surface area contributed by atoms with Gasteiger partial charge in [0, 0.05) is 12.6 Å². The number of nitrogens with two attached hydrogens (primary N) is 1. The Bertz CT molecular complexity index is 1210. The van der Waals surface area contributed by atoms with Gasteiger partial charge in [0.2, 0.25) is 0 Å². The van der Waals surface area contributed by atoms with Crippen LogP contribution in [0.1, 0.15) is 15.9 Å². The maximum atomic E-state index is 13.2. The predicted molar refractivity (Wildman–Crippen MR) is 121 cm³/mol. The molecule has 3 N–H and O–H groups in total. The van der Waals surface area contributed by atoms with E-state index in [9.17, 15) is 14.4 Å². The van der Waals surface area contributed by atoms with Crippen LogP contribution in [0.4, 0.5) is 11.5 Å².